The standard InChI is InChI=1S/C14H24N2O7S/c1-8(18)12(15)14(22)23-9(4-2-3-5-24)6-11(19)16-10(7-17)13(20)21/h2,4,8-10,12,17-18,24H,3,5-7,15H2,1H3,(H,16,19)(H,20,21)/b4-2+/t8?,9?,10-,12?/m1/s1. The van der Waals surface area contributed by atoms with Crippen LogP contribution in [0.3, 0.4) is 0 Å². The van der Waals surface area contributed by atoms with Crippen LogP contribution >= 0.6 is 12.6 Å². The zero-order valence-electron chi connectivity index (χ0n) is 13.3. The van der Waals surface area contributed by atoms with E-state index < -0.39 is 48.7 Å². The molecule has 0 aliphatic heterocycles. The van der Waals surface area contributed by atoms with Crippen molar-refractivity contribution in [2.24, 2.45) is 5.73 Å². The Morgan fingerprint density at radius 1 is 1.38 bits per heavy atom. The molecule has 10 heteroatoms. The first-order valence-corrected chi connectivity index (χ1v) is 7.90. The van der Waals surface area contributed by atoms with Gasteiger partial charge in [-0.3, -0.25) is 9.59 Å². The number of carboxylic acids is 1. The third-order valence-electron chi connectivity index (χ3n) is 2.91. The summed E-state index contributed by atoms with van der Waals surface area (Å²) < 4.78 is 5.06. The van der Waals surface area contributed by atoms with Gasteiger partial charge in [0.15, 0.2) is 0 Å². The van der Waals surface area contributed by atoms with E-state index in [0.29, 0.717) is 12.2 Å². The van der Waals surface area contributed by atoms with Crippen LogP contribution in [0.15, 0.2) is 12.2 Å². The molecule has 0 aliphatic carbocycles. The minimum atomic E-state index is -1.45. The molecule has 6 N–H and O–H groups in total. The number of rotatable bonds is 11. The number of thiol groups is 1. The molecule has 0 radical (unpaired) electrons. The van der Waals surface area contributed by atoms with Crippen molar-refractivity contribution < 1.29 is 34.4 Å². The van der Waals surface area contributed by atoms with E-state index in [-0.39, 0.29) is 6.42 Å². The van der Waals surface area contributed by atoms with Crippen LogP contribution in [0, 0.1) is 0 Å². The number of carbonyl (C=O) groups excluding carboxylic acids is 2. The van der Waals surface area contributed by atoms with E-state index in [4.69, 9.17) is 20.7 Å². The van der Waals surface area contributed by atoms with E-state index >= 15 is 0 Å². The Kier molecular flexibility index (Phi) is 11.0. The molecule has 0 saturated carbocycles. The van der Waals surface area contributed by atoms with Crippen LogP contribution in [0.1, 0.15) is 19.8 Å². The Hall–Kier alpha value is -1.62. The maximum Gasteiger partial charge on any atom is 0.328 e. The van der Waals surface area contributed by atoms with Gasteiger partial charge < -0.3 is 31.1 Å². The van der Waals surface area contributed by atoms with Gasteiger partial charge >= 0.3 is 11.9 Å². The first-order chi connectivity index (χ1) is 11.2. The van der Waals surface area contributed by atoms with E-state index in [9.17, 15) is 19.5 Å². The van der Waals surface area contributed by atoms with Crippen LogP contribution in [-0.2, 0) is 19.1 Å². The van der Waals surface area contributed by atoms with Gasteiger partial charge in [-0.1, -0.05) is 6.08 Å². The number of hydrogen-bond acceptors (Lipinski definition) is 8. The highest BCUT2D eigenvalue weighted by molar-refractivity contribution is 7.80. The lowest BCUT2D eigenvalue weighted by Crippen LogP contribution is -2.45. The van der Waals surface area contributed by atoms with Crippen molar-refractivity contribution in [3.63, 3.8) is 0 Å². The fraction of sp³-hybridized carbons (Fsp3) is 0.643. The first-order valence-electron chi connectivity index (χ1n) is 7.27. The topological polar surface area (TPSA) is 159 Å². The third-order valence-corrected chi connectivity index (χ3v) is 3.17. The summed E-state index contributed by atoms with van der Waals surface area (Å²) in [6.07, 6.45) is 1.19. The summed E-state index contributed by atoms with van der Waals surface area (Å²) in [5.74, 6) is -2.46. The maximum atomic E-state index is 11.8. The van der Waals surface area contributed by atoms with Gasteiger partial charge in [0.1, 0.15) is 18.2 Å². The molecule has 0 aromatic heterocycles. The van der Waals surface area contributed by atoms with Crippen molar-refractivity contribution in [3.05, 3.63) is 12.2 Å². The van der Waals surface area contributed by atoms with Gasteiger partial charge in [-0.25, -0.2) is 4.79 Å². The molecule has 0 aromatic rings. The lowest BCUT2D eigenvalue weighted by molar-refractivity contribution is -0.152. The molecular weight excluding hydrogens is 340 g/mol. The molecule has 24 heavy (non-hydrogen) atoms. The van der Waals surface area contributed by atoms with E-state index in [1.54, 1.807) is 6.08 Å². The van der Waals surface area contributed by atoms with E-state index in [2.05, 4.69) is 17.9 Å². The highest BCUT2D eigenvalue weighted by atomic mass is 32.1. The third kappa shape index (κ3) is 8.87. The van der Waals surface area contributed by atoms with Crippen LogP contribution in [0.25, 0.3) is 0 Å². The minimum absolute atomic E-state index is 0.356. The summed E-state index contributed by atoms with van der Waals surface area (Å²) in [5.41, 5.74) is 5.46. The zero-order valence-corrected chi connectivity index (χ0v) is 14.2. The molecule has 0 aliphatic rings. The predicted molar refractivity (Wildman–Crippen MR) is 88.4 cm³/mol. The van der Waals surface area contributed by atoms with Crippen molar-refractivity contribution in [1.29, 1.82) is 0 Å². The van der Waals surface area contributed by atoms with E-state index in [0.717, 1.165) is 0 Å². The van der Waals surface area contributed by atoms with Gasteiger partial charge in [0.05, 0.1) is 19.1 Å². The molecule has 0 spiro atoms. The van der Waals surface area contributed by atoms with Crippen LogP contribution in [-0.4, -0.2) is 69.8 Å². The number of amides is 1. The van der Waals surface area contributed by atoms with Crippen LogP contribution in [0.5, 0.6) is 0 Å². The molecule has 0 fully saturated rings. The molecule has 0 rings (SSSR count). The zero-order chi connectivity index (χ0) is 18.7. The first kappa shape index (κ1) is 22.4. The quantitative estimate of drug-likeness (QED) is 0.146. The SMILES string of the molecule is CC(O)C(N)C(=O)OC(/C=C/CCS)CC(=O)N[C@H](CO)C(=O)O. The van der Waals surface area contributed by atoms with Crippen LogP contribution < -0.4 is 11.1 Å². The van der Waals surface area contributed by atoms with Crippen molar-refractivity contribution in [3.8, 4) is 0 Å². The number of esters is 1. The number of ether oxygens (including phenoxy) is 1. The smallest absolute Gasteiger partial charge is 0.328 e. The second-order valence-electron chi connectivity index (χ2n) is 5.03. The Labute approximate surface area is 145 Å². The largest absolute Gasteiger partial charge is 0.480 e. The summed E-state index contributed by atoms with van der Waals surface area (Å²) in [6, 6.07) is -2.71. The summed E-state index contributed by atoms with van der Waals surface area (Å²) in [7, 11) is 0. The summed E-state index contributed by atoms with van der Waals surface area (Å²) in [4.78, 5) is 34.4. The predicted octanol–water partition coefficient (Wildman–Crippen LogP) is -1.57. The average molecular weight is 364 g/mol. The van der Waals surface area contributed by atoms with Crippen molar-refractivity contribution >= 4 is 30.5 Å². The number of allylic oxidation sites excluding steroid dienone is 1. The Balaban J connectivity index is 4.85. The summed E-state index contributed by atoms with van der Waals surface area (Å²) in [6.45, 7) is 0.553. The average Bonchev–Trinajstić information content (AvgIpc) is 2.51. The molecule has 0 heterocycles. The second-order valence-corrected chi connectivity index (χ2v) is 5.47. The number of carbonyl (C=O) groups is 3. The molecule has 1 amide bonds. The normalized spacial score (nSPS) is 16.2. The molecular formula is C14H24N2O7S. The van der Waals surface area contributed by atoms with Crippen molar-refractivity contribution in [2.45, 2.75) is 44.1 Å². The van der Waals surface area contributed by atoms with Gasteiger partial charge in [0.25, 0.3) is 0 Å². The van der Waals surface area contributed by atoms with Crippen LogP contribution in [0.4, 0.5) is 0 Å². The Bertz CT molecular complexity index is 456. The minimum Gasteiger partial charge on any atom is -0.480 e. The Morgan fingerprint density at radius 3 is 2.46 bits per heavy atom. The highest BCUT2D eigenvalue weighted by Crippen LogP contribution is 2.06. The highest BCUT2D eigenvalue weighted by Gasteiger charge is 2.25. The summed E-state index contributed by atoms with van der Waals surface area (Å²) >= 11 is 4.02. The molecule has 0 aromatic carbocycles. The van der Waals surface area contributed by atoms with Crippen molar-refractivity contribution in [1.82, 2.24) is 5.32 Å². The summed E-state index contributed by atoms with van der Waals surface area (Å²) in [5, 5.41) is 29.1. The second kappa shape index (κ2) is 11.8. The molecule has 0 saturated heterocycles. The molecule has 9 nitrogen and oxygen atoms in total. The fourth-order valence-electron chi connectivity index (χ4n) is 1.52. The number of aliphatic carboxylic acids is 1. The molecule has 138 valence electrons. The van der Waals surface area contributed by atoms with E-state index in [1.807, 2.05) is 0 Å². The molecule has 3 unspecified atom stereocenters. The number of carboxylic acid groups (broad SMARTS) is 1. The monoisotopic (exact) mass is 364 g/mol. The van der Waals surface area contributed by atoms with Gasteiger partial charge in [-0.15, -0.1) is 0 Å². The van der Waals surface area contributed by atoms with Crippen molar-refractivity contribution in [2.75, 3.05) is 12.4 Å². The lowest BCUT2D eigenvalue weighted by Gasteiger charge is -2.19. The van der Waals surface area contributed by atoms with Gasteiger partial charge in [-0.2, -0.15) is 12.6 Å². The number of nitrogens with two attached hydrogens (primary N) is 1. The maximum absolute atomic E-state index is 11.8. The van der Waals surface area contributed by atoms with Gasteiger partial charge in [-0.05, 0) is 25.2 Å². The van der Waals surface area contributed by atoms with Gasteiger partial charge in [0.2, 0.25) is 5.91 Å². The number of aliphatic hydroxyl groups is 2. The molecule has 0 bridgehead atoms. The fourth-order valence-corrected chi connectivity index (χ4v) is 1.67. The van der Waals surface area contributed by atoms with Gasteiger partial charge in [0, 0.05) is 0 Å². The van der Waals surface area contributed by atoms with Crippen LogP contribution in [0.2, 0.25) is 0 Å². The number of nitrogens with one attached hydrogen (secondary N) is 1. The Morgan fingerprint density at radius 2 is 2.00 bits per heavy atom. The van der Waals surface area contributed by atoms with E-state index in [1.165, 1.54) is 13.0 Å². The molecule has 4 atom stereocenters. The lowest BCUT2D eigenvalue weighted by atomic mass is 10.1. The number of aliphatic hydroxyl groups excluding tert-OH is 2. The number of hydrogen-bond donors (Lipinski definition) is 6.